The Morgan fingerprint density at radius 2 is 2.09 bits per heavy atom. The maximum atomic E-state index is 11.9. The van der Waals surface area contributed by atoms with Crippen LogP contribution in [0.4, 0.5) is 5.69 Å². The lowest BCUT2D eigenvalue weighted by molar-refractivity contribution is -0.119. The van der Waals surface area contributed by atoms with Crippen LogP contribution in [-0.4, -0.2) is 33.2 Å². The van der Waals surface area contributed by atoms with Crippen molar-refractivity contribution in [3.8, 4) is 11.5 Å². The normalized spacial score (nSPS) is 13.9. The van der Waals surface area contributed by atoms with Crippen LogP contribution in [0.2, 0.25) is 0 Å². The Labute approximate surface area is 138 Å². The van der Waals surface area contributed by atoms with Gasteiger partial charge in [-0.05, 0) is 44.2 Å². The van der Waals surface area contributed by atoms with E-state index in [2.05, 4.69) is 16.7 Å². The molecule has 5 heteroatoms. The third kappa shape index (κ3) is 5.51. The van der Waals surface area contributed by atoms with Crippen molar-refractivity contribution in [1.29, 1.82) is 0 Å². The second-order valence-electron chi connectivity index (χ2n) is 5.63. The van der Waals surface area contributed by atoms with Crippen molar-refractivity contribution >= 4 is 11.6 Å². The molecule has 1 aliphatic rings. The van der Waals surface area contributed by atoms with E-state index in [4.69, 9.17) is 9.47 Å². The van der Waals surface area contributed by atoms with Crippen LogP contribution in [0.15, 0.2) is 29.8 Å². The zero-order valence-electron chi connectivity index (χ0n) is 14.0. The van der Waals surface area contributed by atoms with Crippen molar-refractivity contribution in [1.82, 2.24) is 5.32 Å². The summed E-state index contributed by atoms with van der Waals surface area (Å²) < 4.78 is 10.5. The van der Waals surface area contributed by atoms with Crippen LogP contribution in [0, 0.1) is 0 Å². The third-order valence-electron chi connectivity index (χ3n) is 4.00. The molecule has 126 valence electrons. The molecular formula is C18H26N2O3. The van der Waals surface area contributed by atoms with E-state index in [1.54, 1.807) is 20.3 Å². The van der Waals surface area contributed by atoms with Crippen LogP contribution in [0.1, 0.15) is 32.1 Å². The maximum Gasteiger partial charge on any atom is 0.239 e. The van der Waals surface area contributed by atoms with Gasteiger partial charge in [0, 0.05) is 12.6 Å². The predicted octanol–water partition coefficient (Wildman–Crippen LogP) is 3.12. The van der Waals surface area contributed by atoms with Crippen LogP contribution in [-0.2, 0) is 4.79 Å². The van der Waals surface area contributed by atoms with Crippen LogP contribution in [0.25, 0.3) is 0 Å². The van der Waals surface area contributed by atoms with Crippen LogP contribution in [0.3, 0.4) is 0 Å². The molecule has 1 aromatic rings. The second kappa shape index (κ2) is 9.08. The molecule has 0 bridgehead atoms. The summed E-state index contributed by atoms with van der Waals surface area (Å²) in [6, 6.07) is 5.46. The Balaban J connectivity index is 1.74. The number of methoxy groups -OCH3 is 2. The molecule has 2 rings (SSSR count). The van der Waals surface area contributed by atoms with Gasteiger partial charge in [0.2, 0.25) is 5.91 Å². The summed E-state index contributed by atoms with van der Waals surface area (Å²) in [6.07, 6.45) is 8.20. The Morgan fingerprint density at radius 3 is 2.78 bits per heavy atom. The lowest BCUT2D eigenvalue weighted by atomic mass is 9.97. The zero-order chi connectivity index (χ0) is 16.5. The number of allylic oxidation sites excluding steroid dienone is 1. The van der Waals surface area contributed by atoms with Gasteiger partial charge in [0.1, 0.15) is 11.5 Å². The first kappa shape index (κ1) is 17.2. The minimum atomic E-state index is -0.0146. The summed E-state index contributed by atoms with van der Waals surface area (Å²) in [4.78, 5) is 11.9. The minimum absolute atomic E-state index is 0.0146. The summed E-state index contributed by atoms with van der Waals surface area (Å²) in [7, 11) is 3.20. The van der Waals surface area contributed by atoms with Gasteiger partial charge in [-0.25, -0.2) is 0 Å². The first-order valence-corrected chi connectivity index (χ1v) is 8.13. The number of benzene rings is 1. The summed E-state index contributed by atoms with van der Waals surface area (Å²) in [5.41, 5.74) is 2.25. The number of rotatable bonds is 8. The van der Waals surface area contributed by atoms with E-state index < -0.39 is 0 Å². The van der Waals surface area contributed by atoms with E-state index in [-0.39, 0.29) is 12.5 Å². The molecule has 0 aliphatic heterocycles. The van der Waals surface area contributed by atoms with Gasteiger partial charge in [-0.3, -0.25) is 4.79 Å². The van der Waals surface area contributed by atoms with Crippen molar-refractivity contribution in [2.24, 2.45) is 0 Å². The number of hydrogen-bond acceptors (Lipinski definition) is 4. The quantitative estimate of drug-likeness (QED) is 0.723. The molecule has 0 unspecified atom stereocenters. The molecule has 1 amide bonds. The average Bonchev–Trinajstić information content (AvgIpc) is 2.60. The highest BCUT2D eigenvalue weighted by Gasteiger charge is 2.08. The monoisotopic (exact) mass is 318 g/mol. The SMILES string of the molecule is COc1ccc(NCC(=O)NCCC2=CCCCC2)c(OC)c1. The predicted molar refractivity (Wildman–Crippen MR) is 92.2 cm³/mol. The summed E-state index contributed by atoms with van der Waals surface area (Å²) in [5.74, 6) is 1.36. The van der Waals surface area contributed by atoms with Crippen molar-refractivity contribution in [2.75, 3.05) is 32.6 Å². The fourth-order valence-corrected chi connectivity index (χ4v) is 2.68. The van der Waals surface area contributed by atoms with E-state index in [9.17, 15) is 4.79 Å². The number of amides is 1. The van der Waals surface area contributed by atoms with Gasteiger partial charge in [-0.15, -0.1) is 0 Å². The molecule has 0 radical (unpaired) electrons. The third-order valence-corrected chi connectivity index (χ3v) is 4.00. The van der Waals surface area contributed by atoms with E-state index in [1.807, 2.05) is 12.1 Å². The summed E-state index contributed by atoms with van der Waals surface area (Å²) in [6.45, 7) is 0.924. The topological polar surface area (TPSA) is 59.6 Å². The van der Waals surface area contributed by atoms with Gasteiger partial charge < -0.3 is 20.1 Å². The largest absolute Gasteiger partial charge is 0.497 e. The minimum Gasteiger partial charge on any atom is -0.497 e. The van der Waals surface area contributed by atoms with Crippen molar-refractivity contribution < 1.29 is 14.3 Å². The Morgan fingerprint density at radius 1 is 1.22 bits per heavy atom. The lowest BCUT2D eigenvalue weighted by Gasteiger charge is -2.14. The Hall–Kier alpha value is -2.17. The molecule has 1 aliphatic carbocycles. The van der Waals surface area contributed by atoms with E-state index in [0.29, 0.717) is 12.3 Å². The maximum absolute atomic E-state index is 11.9. The molecular weight excluding hydrogens is 292 g/mol. The number of anilines is 1. The molecule has 0 saturated heterocycles. The van der Waals surface area contributed by atoms with Crippen molar-refractivity contribution in [3.05, 3.63) is 29.8 Å². The number of hydrogen-bond donors (Lipinski definition) is 2. The highest BCUT2D eigenvalue weighted by Crippen LogP contribution is 2.28. The van der Waals surface area contributed by atoms with Gasteiger partial charge in [0.05, 0.1) is 26.5 Å². The number of carbonyl (C=O) groups is 1. The molecule has 0 aromatic heterocycles. The highest BCUT2D eigenvalue weighted by atomic mass is 16.5. The average molecular weight is 318 g/mol. The fourth-order valence-electron chi connectivity index (χ4n) is 2.68. The zero-order valence-corrected chi connectivity index (χ0v) is 14.0. The molecule has 0 heterocycles. The van der Waals surface area contributed by atoms with E-state index >= 15 is 0 Å². The number of carbonyl (C=O) groups excluding carboxylic acids is 1. The van der Waals surface area contributed by atoms with E-state index in [0.717, 1.165) is 17.9 Å². The highest BCUT2D eigenvalue weighted by molar-refractivity contribution is 5.81. The molecule has 5 nitrogen and oxygen atoms in total. The smallest absolute Gasteiger partial charge is 0.239 e. The van der Waals surface area contributed by atoms with Crippen molar-refractivity contribution in [3.63, 3.8) is 0 Å². The number of nitrogens with one attached hydrogen (secondary N) is 2. The van der Waals surface area contributed by atoms with Gasteiger partial charge in [-0.1, -0.05) is 11.6 Å². The van der Waals surface area contributed by atoms with E-state index in [1.165, 1.54) is 31.3 Å². The van der Waals surface area contributed by atoms with Gasteiger partial charge >= 0.3 is 0 Å². The number of ether oxygens (including phenoxy) is 2. The molecule has 0 spiro atoms. The summed E-state index contributed by atoms with van der Waals surface area (Å²) >= 11 is 0. The van der Waals surface area contributed by atoms with Crippen LogP contribution < -0.4 is 20.1 Å². The first-order chi connectivity index (χ1) is 11.2. The molecule has 0 saturated carbocycles. The Kier molecular flexibility index (Phi) is 6.78. The second-order valence-corrected chi connectivity index (χ2v) is 5.63. The van der Waals surface area contributed by atoms with Crippen molar-refractivity contribution in [2.45, 2.75) is 32.1 Å². The molecule has 1 aromatic carbocycles. The first-order valence-electron chi connectivity index (χ1n) is 8.13. The van der Waals surface area contributed by atoms with Crippen LogP contribution >= 0.6 is 0 Å². The summed E-state index contributed by atoms with van der Waals surface area (Å²) in [5, 5.41) is 6.05. The van der Waals surface area contributed by atoms with Gasteiger partial charge in [0.15, 0.2) is 0 Å². The van der Waals surface area contributed by atoms with Gasteiger partial charge in [-0.2, -0.15) is 0 Å². The molecule has 23 heavy (non-hydrogen) atoms. The molecule has 0 atom stereocenters. The lowest BCUT2D eigenvalue weighted by Crippen LogP contribution is -2.30. The van der Waals surface area contributed by atoms with Gasteiger partial charge in [0.25, 0.3) is 0 Å². The molecule has 0 fully saturated rings. The van der Waals surface area contributed by atoms with Crippen LogP contribution in [0.5, 0.6) is 11.5 Å². The Bertz CT molecular complexity index is 555. The molecule has 2 N–H and O–H groups in total. The fraction of sp³-hybridized carbons (Fsp3) is 0.500. The standard InChI is InChI=1S/C18H26N2O3/c1-22-15-8-9-16(17(12-15)23-2)20-13-18(21)19-11-10-14-6-4-3-5-7-14/h6,8-9,12,20H,3-5,7,10-11,13H2,1-2H3,(H,19,21).